The fourth-order valence-corrected chi connectivity index (χ4v) is 5.23. The Morgan fingerprint density at radius 2 is 2.06 bits per heavy atom. The molecule has 0 saturated carbocycles. The number of dihydropyridines is 1. The standard InChI is InChI=1S/C24H30BrNO4S/c1-6-31-10-9-30-23(28)20-14(2)26-17-12-24(3,4)13-18(27)22(17)21(20)16-11-15(25)7-8-19(16)29-5/h7-8,11,21,26H,6,9-10,12-13H2,1-5H3. The molecule has 1 heterocycles. The maximum atomic E-state index is 13.4. The third-order valence-corrected chi connectivity index (χ3v) is 6.98. The highest BCUT2D eigenvalue weighted by Crippen LogP contribution is 2.49. The van der Waals surface area contributed by atoms with E-state index in [1.807, 2.05) is 25.1 Å². The van der Waals surface area contributed by atoms with Crippen LogP contribution in [0.1, 0.15) is 52.0 Å². The Morgan fingerprint density at radius 3 is 2.74 bits per heavy atom. The molecule has 1 atom stereocenters. The first-order valence-corrected chi connectivity index (χ1v) is 12.5. The van der Waals surface area contributed by atoms with Crippen molar-refractivity contribution >= 4 is 39.4 Å². The predicted molar refractivity (Wildman–Crippen MR) is 128 cm³/mol. The van der Waals surface area contributed by atoms with E-state index in [1.165, 1.54) is 0 Å². The molecule has 1 unspecified atom stereocenters. The van der Waals surface area contributed by atoms with E-state index < -0.39 is 11.9 Å². The second-order valence-corrected chi connectivity index (χ2v) is 11.0. The number of benzene rings is 1. The minimum absolute atomic E-state index is 0.0603. The van der Waals surface area contributed by atoms with E-state index in [2.05, 4.69) is 42.0 Å². The summed E-state index contributed by atoms with van der Waals surface area (Å²) in [4.78, 5) is 26.6. The van der Waals surface area contributed by atoms with Crippen LogP contribution in [-0.4, -0.2) is 37.0 Å². The van der Waals surface area contributed by atoms with E-state index in [1.54, 1.807) is 18.9 Å². The SMILES string of the molecule is CCSCCOC(=O)C1=C(C)NC2=C(C(=O)CC(C)(C)C2)C1c1cc(Br)ccc1OC. The van der Waals surface area contributed by atoms with Crippen molar-refractivity contribution in [3.05, 3.63) is 50.8 Å². The number of Topliss-reactive ketones (excluding diaryl/α,β-unsaturated/α-hetero) is 1. The van der Waals surface area contributed by atoms with Gasteiger partial charge in [-0.1, -0.05) is 36.7 Å². The Labute approximate surface area is 197 Å². The van der Waals surface area contributed by atoms with Gasteiger partial charge in [-0.05, 0) is 42.7 Å². The number of hydrogen-bond donors (Lipinski definition) is 1. The molecule has 7 heteroatoms. The van der Waals surface area contributed by atoms with Gasteiger partial charge in [-0.2, -0.15) is 11.8 Å². The smallest absolute Gasteiger partial charge is 0.336 e. The molecule has 0 saturated heterocycles. The molecule has 0 radical (unpaired) electrons. The van der Waals surface area contributed by atoms with Gasteiger partial charge in [-0.15, -0.1) is 0 Å². The summed E-state index contributed by atoms with van der Waals surface area (Å²) in [6.07, 6.45) is 1.18. The van der Waals surface area contributed by atoms with E-state index in [9.17, 15) is 9.59 Å². The largest absolute Gasteiger partial charge is 0.496 e. The number of esters is 1. The van der Waals surface area contributed by atoms with Crippen LogP contribution < -0.4 is 10.1 Å². The minimum Gasteiger partial charge on any atom is -0.496 e. The second-order valence-electron chi connectivity index (χ2n) is 8.65. The number of rotatable bonds is 7. The Hall–Kier alpha value is -1.73. The average molecular weight is 508 g/mol. The Kier molecular flexibility index (Phi) is 7.58. The highest BCUT2D eigenvalue weighted by molar-refractivity contribution is 9.10. The lowest BCUT2D eigenvalue weighted by atomic mass is 9.68. The molecule has 0 spiro atoms. The van der Waals surface area contributed by atoms with Crippen LogP contribution in [-0.2, 0) is 14.3 Å². The maximum Gasteiger partial charge on any atom is 0.336 e. The van der Waals surface area contributed by atoms with Gasteiger partial charge in [-0.3, -0.25) is 4.79 Å². The van der Waals surface area contributed by atoms with Crippen LogP contribution in [0.25, 0.3) is 0 Å². The van der Waals surface area contributed by atoms with E-state index in [-0.39, 0.29) is 11.2 Å². The van der Waals surface area contributed by atoms with Gasteiger partial charge in [-0.25, -0.2) is 4.79 Å². The van der Waals surface area contributed by atoms with E-state index in [0.29, 0.717) is 29.9 Å². The summed E-state index contributed by atoms with van der Waals surface area (Å²) >= 11 is 5.26. The van der Waals surface area contributed by atoms with Crippen LogP contribution in [0.15, 0.2) is 45.2 Å². The van der Waals surface area contributed by atoms with Crippen molar-refractivity contribution in [3.8, 4) is 5.75 Å². The number of carbonyl (C=O) groups excluding carboxylic acids is 2. The van der Waals surface area contributed by atoms with Crippen molar-refractivity contribution < 1.29 is 19.1 Å². The Morgan fingerprint density at radius 1 is 1.32 bits per heavy atom. The number of allylic oxidation sites excluding steroid dienone is 3. The van der Waals surface area contributed by atoms with Gasteiger partial charge < -0.3 is 14.8 Å². The summed E-state index contributed by atoms with van der Waals surface area (Å²) in [5, 5.41) is 3.37. The molecule has 1 aromatic carbocycles. The summed E-state index contributed by atoms with van der Waals surface area (Å²) in [6, 6.07) is 5.68. The maximum absolute atomic E-state index is 13.4. The number of halogens is 1. The van der Waals surface area contributed by atoms with Crippen LogP contribution in [0.2, 0.25) is 0 Å². The van der Waals surface area contributed by atoms with Gasteiger partial charge >= 0.3 is 5.97 Å². The molecule has 0 bridgehead atoms. The molecule has 1 aromatic rings. The number of methoxy groups -OCH3 is 1. The number of ketones is 1. The molecule has 1 N–H and O–H groups in total. The molecular weight excluding hydrogens is 478 g/mol. The molecule has 1 aliphatic heterocycles. The van der Waals surface area contributed by atoms with Crippen LogP contribution in [0.5, 0.6) is 5.75 Å². The first-order chi connectivity index (χ1) is 14.7. The molecule has 3 rings (SSSR count). The van der Waals surface area contributed by atoms with Crippen molar-refractivity contribution in [1.82, 2.24) is 5.32 Å². The Balaban J connectivity index is 2.11. The predicted octanol–water partition coefficient (Wildman–Crippen LogP) is 5.36. The van der Waals surface area contributed by atoms with Crippen molar-refractivity contribution in [2.75, 3.05) is 25.2 Å². The van der Waals surface area contributed by atoms with Gasteiger partial charge in [0, 0.05) is 39.2 Å². The van der Waals surface area contributed by atoms with E-state index in [4.69, 9.17) is 9.47 Å². The Bertz CT molecular complexity index is 951. The normalized spacial score (nSPS) is 20.3. The number of hydrogen-bond acceptors (Lipinski definition) is 6. The number of thioether (sulfide) groups is 1. The molecule has 1 aliphatic carbocycles. The number of ether oxygens (including phenoxy) is 2. The lowest BCUT2D eigenvalue weighted by molar-refractivity contribution is -0.138. The molecule has 31 heavy (non-hydrogen) atoms. The summed E-state index contributed by atoms with van der Waals surface area (Å²) in [6.45, 7) is 8.48. The molecule has 0 fully saturated rings. The summed E-state index contributed by atoms with van der Waals surface area (Å²) in [5.74, 6) is 1.49. The third kappa shape index (κ3) is 5.20. The fourth-order valence-electron chi connectivity index (χ4n) is 4.36. The molecular formula is C24H30BrNO4S. The zero-order valence-corrected chi connectivity index (χ0v) is 21.2. The van der Waals surface area contributed by atoms with Crippen LogP contribution in [0.3, 0.4) is 0 Å². The topological polar surface area (TPSA) is 64.6 Å². The minimum atomic E-state index is -0.529. The third-order valence-electron chi connectivity index (χ3n) is 5.63. The fraction of sp³-hybridized carbons (Fsp3) is 0.500. The van der Waals surface area contributed by atoms with E-state index >= 15 is 0 Å². The monoisotopic (exact) mass is 507 g/mol. The summed E-state index contributed by atoms with van der Waals surface area (Å²) in [5.41, 5.74) is 3.40. The first kappa shape index (κ1) is 23.9. The lowest BCUT2D eigenvalue weighted by Gasteiger charge is -2.39. The molecule has 0 aromatic heterocycles. The van der Waals surface area contributed by atoms with Gasteiger partial charge in [0.25, 0.3) is 0 Å². The first-order valence-electron chi connectivity index (χ1n) is 10.5. The molecule has 168 valence electrons. The molecule has 2 aliphatic rings. The average Bonchev–Trinajstić information content (AvgIpc) is 2.69. The van der Waals surface area contributed by atoms with Gasteiger partial charge in [0.2, 0.25) is 0 Å². The van der Waals surface area contributed by atoms with Crippen molar-refractivity contribution in [2.24, 2.45) is 5.41 Å². The summed E-state index contributed by atoms with van der Waals surface area (Å²) < 4.78 is 12.1. The second kappa shape index (κ2) is 9.82. The number of nitrogens with one attached hydrogen (secondary N) is 1. The summed E-state index contributed by atoms with van der Waals surface area (Å²) in [7, 11) is 1.60. The highest BCUT2D eigenvalue weighted by atomic mass is 79.9. The van der Waals surface area contributed by atoms with Crippen molar-refractivity contribution in [2.45, 2.75) is 46.5 Å². The molecule has 5 nitrogen and oxygen atoms in total. The molecule has 0 amide bonds. The number of carbonyl (C=O) groups is 2. The van der Waals surface area contributed by atoms with Gasteiger partial charge in [0.05, 0.1) is 18.6 Å². The zero-order valence-electron chi connectivity index (χ0n) is 18.8. The zero-order chi connectivity index (χ0) is 22.8. The van der Waals surface area contributed by atoms with Gasteiger partial charge in [0.1, 0.15) is 12.4 Å². The lowest BCUT2D eigenvalue weighted by Crippen LogP contribution is -2.38. The highest BCUT2D eigenvalue weighted by Gasteiger charge is 2.44. The van der Waals surface area contributed by atoms with Crippen molar-refractivity contribution in [1.29, 1.82) is 0 Å². The quantitative estimate of drug-likeness (QED) is 0.395. The van der Waals surface area contributed by atoms with Crippen molar-refractivity contribution in [3.63, 3.8) is 0 Å². The van der Waals surface area contributed by atoms with Crippen LogP contribution in [0, 0.1) is 5.41 Å². The van der Waals surface area contributed by atoms with Crippen LogP contribution in [0.4, 0.5) is 0 Å². The van der Waals surface area contributed by atoms with E-state index in [0.717, 1.165) is 39.4 Å². The van der Waals surface area contributed by atoms with Crippen LogP contribution >= 0.6 is 27.7 Å². The van der Waals surface area contributed by atoms with Gasteiger partial charge in [0.15, 0.2) is 5.78 Å².